The molecule has 0 atom stereocenters. The molecular weight excluding hydrogens is 275 g/mol. The molecule has 1 heterocycles. The molecule has 2 rings (SSSR count). The fraction of sp³-hybridized carbons (Fsp3) is 0.417. The van der Waals surface area contributed by atoms with Gasteiger partial charge in [0.25, 0.3) is 0 Å². The van der Waals surface area contributed by atoms with E-state index in [0.717, 1.165) is 31.9 Å². The molecular formula is C12H18Cl2N2O2. The third-order valence-corrected chi connectivity index (χ3v) is 2.96. The van der Waals surface area contributed by atoms with Crippen LogP contribution in [0.4, 0.5) is 5.69 Å². The largest absolute Gasteiger partial charge is 0.478 e. The highest BCUT2D eigenvalue weighted by Gasteiger charge is 2.15. The summed E-state index contributed by atoms with van der Waals surface area (Å²) in [5.41, 5.74) is 1.37. The van der Waals surface area contributed by atoms with Gasteiger partial charge in [-0.05, 0) is 25.2 Å². The highest BCUT2D eigenvalue weighted by molar-refractivity contribution is 5.88. The lowest BCUT2D eigenvalue weighted by Crippen LogP contribution is -2.44. The monoisotopic (exact) mass is 292 g/mol. The summed E-state index contributed by atoms with van der Waals surface area (Å²) in [6.07, 6.45) is 0. The topological polar surface area (TPSA) is 43.8 Å². The fourth-order valence-electron chi connectivity index (χ4n) is 1.90. The Kier molecular flexibility index (Phi) is 7.06. The second-order valence-corrected chi connectivity index (χ2v) is 4.15. The lowest BCUT2D eigenvalue weighted by atomic mass is 10.1. The predicted octanol–water partition coefficient (Wildman–Crippen LogP) is 1.98. The van der Waals surface area contributed by atoms with E-state index in [2.05, 4.69) is 16.8 Å². The molecule has 1 aromatic carbocycles. The van der Waals surface area contributed by atoms with Crippen LogP contribution in [0, 0.1) is 0 Å². The molecule has 1 aliphatic heterocycles. The first-order valence-corrected chi connectivity index (χ1v) is 5.43. The maximum Gasteiger partial charge on any atom is 0.335 e. The predicted molar refractivity (Wildman–Crippen MR) is 77.6 cm³/mol. The van der Waals surface area contributed by atoms with Gasteiger partial charge in [-0.15, -0.1) is 24.8 Å². The van der Waals surface area contributed by atoms with Gasteiger partial charge in [0.1, 0.15) is 0 Å². The first-order valence-electron chi connectivity index (χ1n) is 5.43. The maximum atomic E-state index is 10.9. The van der Waals surface area contributed by atoms with Crippen molar-refractivity contribution in [1.29, 1.82) is 0 Å². The standard InChI is InChI=1S/C12H16N2O2.2ClH/c1-13-5-7-14(8-6-13)11-4-2-3-10(9-11)12(15)16;;/h2-4,9H,5-8H2,1H3,(H,15,16);2*1H. The summed E-state index contributed by atoms with van der Waals surface area (Å²) in [5.74, 6) is -0.865. The molecule has 4 nitrogen and oxygen atoms in total. The van der Waals surface area contributed by atoms with Gasteiger partial charge in [-0.25, -0.2) is 4.79 Å². The zero-order valence-corrected chi connectivity index (χ0v) is 11.8. The Labute approximate surface area is 119 Å². The smallest absolute Gasteiger partial charge is 0.335 e. The molecule has 18 heavy (non-hydrogen) atoms. The van der Waals surface area contributed by atoms with Crippen molar-refractivity contribution in [2.24, 2.45) is 0 Å². The summed E-state index contributed by atoms with van der Waals surface area (Å²) in [4.78, 5) is 15.4. The van der Waals surface area contributed by atoms with Crippen LogP contribution < -0.4 is 4.90 Å². The molecule has 6 heteroatoms. The van der Waals surface area contributed by atoms with Gasteiger partial charge in [0, 0.05) is 31.9 Å². The van der Waals surface area contributed by atoms with Crippen LogP contribution in [0.3, 0.4) is 0 Å². The number of hydrogen-bond acceptors (Lipinski definition) is 3. The molecule has 0 bridgehead atoms. The quantitative estimate of drug-likeness (QED) is 0.905. The van der Waals surface area contributed by atoms with Crippen LogP contribution in [0.25, 0.3) is 0 Å². The minimum Gasteiger partial charge on any atom is -0.478 e. The minimum absolute atomic E-state index is 0. The summed E-state index contributed by atoms with van der Waals surface area (Å²) in [6, 6.07) is 7.14. The number of halogens is 2. The molecule has 0 radical (unpaired) electrons. The minimum atomic E-state index is -0.865. The van der Waals surface area contributed by atoms with Crippen LogP contribution >= 0.6 is 24.8 Å². The third-order valence-electron chi connectivity index (χ3n) is 2.96. The van der Waals surface area contributed by atoms with Crippen molar-refractivity contribution in [3.63, 3.8) is 0 Å². The fourth-order valence-corrected chi connectivity index (χ4v) is 1.90. The number of carboxylic acids is 1. The van der Waals surface area contributed by atoms with E-state index in [-0.39, 0.29) is 24.8 Å². The van der Waals surface area contributed by atoms with Gasteiger partial charge >= 0.3 is 5.97 Å². The van der Waals surface area contributed by atoms with E-state index >= 15 is 0 Å². The van der Waals surface area contributed by atoms with E-state index in [0.29, 0.717) is 5.56 Å². The molecule has 0 saturated carbocycles. The molecule has 0 amide bonds. The van der Waals surface area contributed by atoms with Gasteiger partial charge in [0.15, 0.2) is 0 Å². The van der Waals surface area contributed by atoms with Crippen LogP contribution in [0.5, 0.6) is 0 Å². The molecule has 1 fully saturated rings. The van der Waals surface area contributed by atoms with Crippen LogP contribution in [-0.2, 0) is 0 Å². The molecule has 1 aromatic rings. The average molecular weight is 293 g/mol. The van der Waals surface area contributed by atoms with Gasteiger partial charge in [0.05, 0.1) is 5.56 Å². The Morgan fingerprint density at radius 1 is 1.17 bits per heavy atom. The SMILES string of the molecule is CN1CCN(c2cccc(C(=O)O)c2)CC1.Cl.Cl. The summed E-state index contributed by atoms with van der Waals surface area (Å²) in [5, 5.41) is 8.92. The Morgan fingerprint density at radius 3 is 2.33 bits per heavy atom. The van der Waals surface area contributed by atoms with Gasteiger partial charge in [-0.3, -0.25) is 0 Å². The number of benzene rings is 1. The summed E-state index contributed by atoms with van der Waals surface area (Å²) in [7, 11) is 2.10. The lowest BCUT2D eigenvalue weighted by molar-refractivity contribution is 0.0697. The van der Waals surface area contributed by atoms with Crippen LogP contribution in [-0.4, -0.2) is 49.2 Å². The molecule has 1 N–H and O–H groups in total. The first-order chi connectivity index (χ1) is 7.66. The second kappa shape index (κ2) is 7.46. The van der Waals surface area contributed by atoms with Crippen LogP contribution in [0.2, 0.25) is 0 Å². The summed E-state index contributed by atoms with van der Waals surface area (Å²) >= 11 is 0. The van der Waals surface area contributed by atoms with Gasteiger partial charge in [-0.2, -0.15) is 0 Å². The molecule has 102 valence electrons. The second-order valence-electron chi connectivity index (χ2n) is 4.15. The summed E-state index contributed by atoms with van der Waals surface area (Å²) < 4.78 is 0. The highest BCUT2D eigenvalue weighted by Crippen LogP contribution is 2.17. The number of piperazine rings is 1. The Morgan fingerprint density at radius 2 is 1.78 bits per heavy atom. The molecule has 1 saturated heterocycles. The number of rotatable bonds is 2. The number of carboxylic acid groups (broad SMARTS) is 1. The van der Waals surface area contributed by atoms with Crippen molar-refractivity contribution in [2.75, 3.05) is 38.1 Å². The first kappa shape index (κ1) is 17.0. The Hall–Kier alpha value is -0.970. The average Bonchev–Trinajstić information content (AvgIpc) is 2.30. The normalized spacial score (nSPS) is 15.5. The Bertz CT molecular complexity index is 393. The number of hydrogen-bond donors (Lipinski definition) is 1. The van der Waals surface area contributed by atoms with E-state index in [1.165, 1.54) is 0 Å². The number of carbonyl (C=O) groups is 1. The van der Waals surface area contributed by atoms with Crippen LogP contribution in [0.15, 0.2) is 24.3 Å². The van der Waals surface area contributed by atoms with Crippen molar-refractivity contribution < 1.29 is 9.90 Å². The van der Waals surface area contributed by atoms with E-state index < -0.39 is 5.97 Å². The number of likely N-dealkylation sites (N-methyl/N-ethyl adjacent to an activating group) is 1. The number of nitrogens with zero attached hydrogens (tertiary/aromatic N) is 2. The summed E-state index contributed by atoms with van der Waals surface area (Å²) in [6.45, 7) is 3.97. The van der Waals surface area contributed by atoms with Gasteiger partial charge < -0.3 is 14.9 Å². The van der Waals surface area contributed by atoms with E-state index in [1.807, 2.05) is 6.07 Å². The number of aromatic carboxylic acids is 1. The molecule has 0 spiro atoms. The number of anilines is 1. The third kappa shape index (κ3) is 4.05. The molecule has 0 aliphatic carbocycles. The molecule has 1 aliphatic rings. The van der Waals surface area contributed by atoms with Crippen LogP contribution in [0.1, 0.15) is 10.4 Å². The molecule has 0 aromatic heterocycles. The highest BCUT2D eigenvalue weighted by atomic mass is 35.5. The zero-order chi connectivity index (χ0) is 11.5. The zero-order valence-electron chi connectivity index (χ0n) is 10.2. The maximum absolute atomic E-state index is 10.9. The van der Waals surface area contributed by atoms with Crippen molar-refractivity contribution in [2.45, 2.75) is 0 Å². The van der Waals surface area contributed by atoms with Crippen molar-refractivity contribution in [3.8, 4) is 0 Å². The lowest BCUT2D eigenvalue weighted by Gasteiger charge is -2.34. The molecule has 0 unspecified atom stereocenters. The van der Waals surface area contributed by atoms with Gasteiger partial charge in [-0.1, -0.05) is 6.07 Å². The Balaban J connectivity index is 0.00000144. The van der Waals surface area contributed by atoms with Crippen molar-refractivity contribution in [3.05, 3.63) is 29.8 Å². The van der Waals surface area contributed by atoms with Crippen molar-refractivity contribution in [1.82, 2.24) is 4.90 Å². The van der Waals surface area contributed by atoms with E-state index in [9.17, 15) is 4.79 Å². The van der Waals surface area contributed by atoms with Crippen molar-refractivity contribution >= 4 is 36.5 Å². The van der Waals surface area contributed by atoms with E-state index in [4.69, 9.17) is 5.11 Å². The van der Waals surface area contributed by atoms with E-state index in [1.54, 1.807) is 18.2 Å². The van der Waals surface area contributed by atoms with Gasteiger partial charge in [0.2, 0.25) is 0 Å².